The second-order valence-corrected chi connectivity index (χ2v) is 5.64. The summed E-state index contributed by atoms with van der Waals surface area (Å²) in [5.74, 6) is 0. The molecular formula is C13H23N3O4. The highest BCUT2D eigenvalue weighted by atomic mass is 16.6. The Morgan fingerprint density at radius 1 is 1.50 bits per heavy atom. The number of aromatic amines is 1. The van der Waals surface area contributed by atoms with Gasteiger partial charge in [0.15, 0.2) is 0 Å². The number of ether oxygens (including phenoxy) is 1. The molecule has 0 saturated heterocycles. The smallest absolute Gasteiger partial charge is 0.407 e. The molecule has 0 spiro atoms. The molecule has 7 nitrogen and oxygen atoms in total. The van der Waals surface area contributed by atoms with E-state index in [0.717, 1.165) is 0 Å². The van der Waals surface area contributed by atoms with Gasteiger partial charge in [0.1, 0.15) is 11.7 Å². The molecule has 2 atom stereocenters. The number of hydrogen-bond donors (Lipinski definition) is 4. The van der Waals surface area contributed by atoms with E-state index in [1.807, 2.05) is 0 Å². The van der Waals surface area contributed by atoms with Crippen molar-refractivity contribution in [3.63, 3.8) is 0 Å². The third-order valence-corrected chi connectivity index (χ3v) is 2.62. The van der Waals surface area contributed by atoms with Crippen molar-refractivity contribution in [1.82, 2.24) is 15.3 Å². The van der Waals surface area contributed by atoms with E-state index in [9.17, 15) is 15.0 Å². The standard InChI is InChI=1S/C13H23N3O4/c1-8-10(16-7-15-8)11(18)9(17)5-6-14-12(19)20-13(2,3)4/h7,9,11,17-18H,5-6H2,1-4H3,(H,14,19)(H,15,16). The molecule has 114 valence electrons. The molecular weight excluding hydrogens is 262 g/mol. The number of H-pyrrole nitrogens is 1. The largest absolute Gasteiger partial charge is 0.444 e. The minimum Gasteiger partial charge on any atom is -0.444 e. The van der Waals surface area contributed by atoms with Crippen molar-refractivity contribution in [2.75, 3.05) is 6.54 Å². The lowest BCUT2D eigenvalue weighted by molar-refractivity contribution is 0.00978. The Bertz CT molecular complexity index is 439. The molecule has 0 aliphatic rings. The number of rotatable bonds is 5. The van der Waals surface area contributed by atoms with Crippen LogP contribution in [0.1, 0.15) is 44.7 Å². The number of aliphatic hydroxyl groups excluding tert-OH is 2. The van der Waals surface area contributed by atoms with Crippen LogP contribution < -0.4 is 5.32 Å². The molecule has 1 rings (SSSR count). The first-order valence-electron chi connectivity index (χ1n) is 6.53. The SMILES string of the molecule is Cc1[nH]cnc1C(O)C(O)CCNC(=O)OC(C)(C)C. The van der Waals surface area contributed by atoms with Crippen LogP contribution in [0.5, 0.6) is 0 Å². The number of nitrogens with zero attached hydrogens (tertiary/aromatic N) is 1. The molecule has 0 aliphatic heterocycles. The van der Waals surface area contributed by atoms with Crippen LogP contribution in [-0.4, -0.2) is 44.5 Å². The van der Waals surface area contributed by atoms with Gasteiger partial charge >= 0.3 is 6.09 Å². The van der Waals surface area contributed by atoms with Gasteiger partial charge in [-0.2, -0.15) is 0 Å². The lowest BCUT2D eigenvalue weighted by Crippen LogP contribution is -2.34. The zero-order valence-corrected chi connectivity index (χ0v) is 12.3. The summed E-state index contributed by atoms with van der Waals surface area (Å²) in [5.41, 5.74) is 0.556. The first kappa shape index (κ1) is 16.5. The number of nitrogens with one attached hydrogen (secondary N) is 2. The zero-order chi connectivity index (χ0) is 15.3. The molecule has 2 unspecified atom stereocenters. The molecule has 0 fully saturated rings. The average molecular weight is 285 g/mol. The van der Waals surface area contributed by atoms with Crippen LogP contribution in [0.3, 0.4) is 0 Å². The Morgan fingerprint density at radius 3 is 2.65 bits per heavy atom. The van der Waals surface area contributed by atoms with Crippen molar-refractivity contribution in [2.24, 2.45) is 0 Å². The predicted octanol–water partition coefficient (Wildman–Crippen LogP) is 1.03. The fourth-order valence-corrected chi connectivity index (χ4v) is 1.64. The highest BCUT2D eigenvalue weighted by Crippen LogP contribution is 2.18. The van der Waals surface area contributed by atoms with Gasteiger partial charge in [-0.15, -0.1) is 0 Å². The number of carbonyl (C=O) groups is 1. The number of carbonyl (C=O) groups excluding carboxylic acids is 1. The topological polar surface area (TPSA) is 107 Å². The van der Waals surface area contributed by atoms with E-state index in [1.165, 1.54) is 6.33 Å². The van der Waals surface area contributed by atoms with Gasteiger partial charge in [0.2, 0.25) is 0 Å². The molecule has 0 aliphatic carbocycles. The summed E-state index contributed by atoms with van der Waals surface area (Å²) in [6.45, 7) is 7.27. The third-order valence-electron chi connectivity index (χ3n) is 2.62. The van der Waals surface area contributed by atoms with Crippen molar-refractivity contribution < 1.29 is 19.7 Å². The number of imidazole rings is 1. The lowest BCUT2D eigenvalue weighted by Gasteiger charge is -2.21. The van der Waals surface area contributed by atoms with Crippen LogP contribution in [0.2, 0.25) is 0 Å². The van der Waals surface area contributed by atoms with Gasteiger partial charge in [0.25, 0.3) is 0 Å². The van der Waals surface area contributed by atoms with Crippen LogP contribution >= 0.6 is 0 Å². The number of hydrogen-bond acceptors (Lipinski definition) is 5. The molecule has 7 heteroatoms. The van der Waals surface area contributed by atoms with E-state index in [-0.39, 0.29) is 13.0 Å². The minimum atomic E-state index is -1.08. The van der Waals surface area contributed by atoms with Gasteiger partial charge in [-0.05, 0) is 34.1 Å². The Balaban J connectivity index is 2.35. The summed E-state index contributed by atoms with van der Waals surface area (Å²) in [6.07, 6.45) is -0.976. The second-order valence-electron chi connectivity index (χ2n) is 5.64. The summed E-state index contributed by atoms with van der Waals surface area (Å²) >= 11 is 0. The Morgan fingerprint density at radius 2 is 2.15 bits per heavy atom. The normalized spacial score (nSPS) is 14.7. The maximum atomic E-state index is 11.4. The maximum absolute atomic E-state index is 11.4. The average Bonchev–Trinajstić information content (AvgIpc) is 2.71. The van der Waals surface area contributed by atoms with E-state index in [1.54, 1.807) is 27.7 Å². The molecule has 0 aromatic carbocycles. The van der Waals surface area contributed by atoms with Crippen LogP contribution in [0.4, 0.5) is 4.79 Å². The summed E-state index contributed by atoms with van der Waals surface area (Å²) in [7, 11) is 0. The molecule has 1 heterocycles. The highest BCUT2D eigenvalue weighted by molar-refractivity contribution is 5.67. The van der Waals surface area contributed by atoms with Crippen molar-refractivity contribution in [1.29, 1.82) is 0 Å². The van der Waals surface area contributed by atoms with E-state index >= 15 is 0 Å². The van der Waals surface area contributed by atoms with Gasteiger partial charge in [0.05, 0.1) is 18.1 Å². The van der Waals surface area contributed by atoms with Crippen molar-refractivity contribution in [2.45, 2.75) is 51.9 Å². The van der Waals surface area contributed by atoms with Gasteiger partial charge < -0.3 is 25.3 Å². The predicted molar refractivity (Wildman–Crippen MR) is 73.1 cm³/mol. The first-order valence-corrected chi connectivity index (χ1v) is 6.53. The van der Waals surface area contributed by atoms with Crippen molar-refractivity contribution in [3.05, 3.63) is 17.7 Å². The van der Waals surface area contributed by atoms with E-state index in [0.29, 0.717) is 11.4 Å². The van der Waals surface area contributed by atoms with Crippen molar-refractivity contribution in [3.8, 4) is 0 Å². The minimum absolute atomic E-state index is 0.201. The van der Waals surface area contributed by atoms with Crippen LogP contribution in [0.25, 0.3) is 0 Å². The summed E-state index contributed by atoms with van der Waals surface area (Å²) in [5, 5.41) is 22.3. The molecule has 1 aromatic rings. The quantitative estimate of drug-likeness (QED) is 0.646. The number of aromatic nitrogens is 2. The fourth-order valence-electron chi connectivity index (χ4n) is 1.64. The summed E-state index contributed by atoms with van der Waals surface area (Å²) in [6, 6.07) is 0. The molecule has 0 bridgehead atoms. The summed E-state index contributed by atoms with van der Waals surface area (Å²) in [4.78, 5) is 18.2. The van der Waals surface area contributed by atoms with Gasteiger partial charge in [-0.1, -0.05) is 0 Å². The zero-order valence-electron chi connectivity index (χ0n) is 12.3. The second kappa shape index (κ2) is 6.71. The Kier molecular flexibility index (Phi) is 5.52. The maximum Gasteiger partial charge on any atom is 0.407 e. The van der Waals surface area contributed by atoms with Gasteiger partial charge in [0, 0.05) is 12.2 Å². The van der Waals surface area contributed by atoms with Gasteiger partial charge in [-0.25, -0.2) is 9.78 Å². The molecule has 4 N–H and O–H groups in total. The molecule has 1 aromatic heterocycles. The number of alkyl carbamates (subject to hydrolysis) is 1. The lowest BCUT2D eigenvalue weighted by atomic mass is 10.1. The molecule has 1 amide bonds. The molecule has 0 saturated carbocycles. The van der Waals surface area contributed by atoms with Crippen LogP contribution in [0, 0.1) is 6.92 Å². The molecule has 20 heavy (non-hydrogen) atoms. The van der Waals surface area contributed by atoms with Gasteiger partial charge in [-0.3, -0.25) is 0 Å². The monoisotopic (exact) mass is 285 g/mol. The Labute approximate surface area is 118 Å². The molecule has 0 radical (unpaired) electrons. The van der Waals surface area contributed by atoms with E-state index < -0.39 is 23.9 Å². The van der Waals surface area contributed by atoms with E-state index in [4.69, 9.17) is 4.74 Å². The number of aliphatic hydroxyl groups is 2. The van der Waals surface area contributed by atoms with E-state index in [2.05, 4.69) is 15.3 Å². The van der Waals surface area contributed by atoms with Crippen LogP contribution in [0.15, 0.2) is 6.33 Å². The highest BCUT2D eigenvalue weighted by Gasteiger charge is 2.22. The number of aryl methyl sites for hydroxylation is 1. The third kappa shape index (κ3) is 5.18. The van der Waals surface area contributed by atoms with Crippen molar-refractivity contribution >= 4 is 6.09 Å². The Hall–Kier alpha value is -1.60. The first-order chi connectivity index (χ1) is 9.20. The summed E-state index contributed by atoms with van der Waals surface area (Å²) < 4.78 is 5.06. The van der Waals surface area contributed by atoms with Crippen LogP contribution in [-0.2, 0) is 4.74 Å². The fraction of sp³-hybridized carbons (Fsp3) is 0.692. The number of amides is 1.